The highest BCUT2D eigenvalue weighted by Gasteiger charge is 2.27. The molecule has 0 saturated carbocycles. The van der Waals surface area contributed by atoms with Crippen LogP contribution in [0, 0.1) is 0 Å². The molecule has 1 amide bonds. The molecule has 0 unspecified atom stereocenters. The van der Waals surface area contributed by atoms with Gasteiger partial charge in [0, 0.05) is 18.8 Å². The number of amides is 1. The molecule has 1 aliphatic heterocycles. The Balaban J connectivity index is 1.61. The van der Waals surface area contributed by atoms with Gasteiger partial charge in [-0.05, 0) is 56.2 Å². The number of hydrogen-bond donors (Lipinski definition) is 2. The van der Waals surface area contributed by atoms with Crippen LogP contribution in [-0.2, 0) is 19.6 Å². The number of phenols is 1. The van der Waals surface area contributed by atoms with Gasteiger partial charge in [-0.3, -0.25) is 4.79 Å². The second-order valence-corrected chi connectivity index (χ2v) is 8.63. The monoisotopic (exact) mass is 418 g/mol. The number of nitrogens with zero attached hydrogens (tertiary/aromatic N) is 1. The van der Waals surface area contributed by atoms with E-state index >= 15 is 0 Å². The van der Waals surface area contributed by atoms with Crippen molar-refractivity contribution in [2.45, 2.75) is 30.8 Å². The van der Waals surface area contributed by atoms with E-state index in [1.54, 1.807) is 12.1 Å². The number of esters is 1. The van der Waals surface area contributed by atoms with Gasteiger partial charge in [0.05, 0.1) is 4.90 Å². The maximum atomic E-state index is 12.5. The lowest BCUT2D eigenvalue weighted by atomic mass is 10.2. The Kier molecular flexibility index (Phi) is 6.19. The standard InChI is InChI=1S/C20H22N2O6S/c1-14(28-20(25)17-6-2-3-7-18(17)23)19(24)21-15-8-10-16(11-9-15)29(26,27)22-12-4-5-13-22/h2-3,6-11,14,23H,4-5,12-13H2,1H3,(H,21,24)/t14-/m0/s1. The Morgan fingerprint density at radius 2 is 1.69 bits per heavy atom. The van der Waals surface area contributed by atoms with Crippen molar-refractivity contribution in [3.8, 4) is 5.75 Å². The minimum absolute atomic E-state index is 0.0383. The Labute approximate surface area is 169 Å². The van der Waals surface area contributed by atoms with E-state index in [0.29, 0.717) is 18.8 Å². The first-order valence-electron chi connectivity index (χ1n) is 9.19. The van der Waals surface area contributed by atoms with Gasteiger partial charge in [-0.15, -0.1) is 0 Å². The zero-order valence-corrected chi connectivity index (χ0v) is 16.7. The molecule has 0 aromatic heterocycles. The summed E-state index contributed by atoms with van der Waals surface area (Å²) in [4.78, 5) is 24.5. The van der Waals surface area contributed by atoms with E-state index in [9.17, 15) is 23.1 Å². The number of phenolic OH excluding ortho intramolecular Hbond substituents is 1. The third-order valence-electron chi connectivity index (χ3n) is 4.60. The fourth-order valence-corrected chi connectivity index (χ4v) is 4.47. The summed E-state index contributed by atoms with van der Waals surface area (Å²) < 4.78 is 31.6. The van der Waals surface area contributed by atoms with Crippen LogP contribution in [0.5, 0.6) is 5.75 Å². The molecule has 1 saturated heterocycles. The average molecular weight is 418 g/mol. The van der Waals surface area contributed by atoms with Crippen LogP contribution in [0.3, 0.4) is 0 Å². The van der Waals surface area contributed by atoms with Gasteiger partial charge in [-0.2, -0.15) is 4.31 Å². The van der Waals surface area contributed by atoms with E-state index in [2.05, 4.69) is 5.32 Å². The lowest BCUT2D eigenvalue weighted by molar-refractivity contribution is -0.123. The van der Waals surface area contributed by atoms with E-state index in [1.165, 1.54) is 47.6 Å². The summed E-state index contributed by atoms with van der Waals surface area (Å²) in [6.07, 6.45) is 0.588. The molecular weight excluding hydrogens is 396 g/mol. The lowest BCUT2D eigenvalue weighted by Gasteiger charge is -2.16. The van der Waals surface area contributed by atoms with Crippen LogP contribution in [0.25, 0.3) is 0 Å². The molecule has 0 bridgehead atoms. The van der Waals surface area contributed by atoms with Crippen molar-refractivity contribution in [3.63, 3.8) is 0 Å². The molecule has 2 N–H and O–H groups in total. The molecule has 1 heterocycles. The topological polar surface area (TPSA) is 113 Å². The number of rotatable bonds is 6. The number of sulfonamides is 1. The largest absolute Gasteiger partial charge is 0.507 e. The summed E-state index contributed by atoms with van der Waals surface area (Å²) in [6, 6.07) is 11.7. The predicted molar refractivity (Wildman–Crippen MR) is 106 cm³/mol. The van der Waals surface area contributed by atoms with Crippen LogP contribution in [0.1, 0.15) is 30.1 Å². The lowest BCUT2D eigenvalue weighted by Crippen LogP contribution is -2.30. The number of hydrogen-bond acceptors (Lipinski definition) is 6. The zero-order chi connectivity index (χ0) is 21.0. The summed E-state index contributed by atoms with van der Waals surface area (Å²) in [5.74, 6) is -1.64. The molecular formula is C20H22N2O6S. The Morgan fingerprint density at radius 3 is 2.31 bits per heavy atom. The van der Waals surface area contributed by atoms with Crippen LogP contribution in [0.15, 0.2) is 53.4 Å². The molecule has 1 atom stereocenters. The summed E-state index contributed by atoms with van der Waals surface area (Å²) in [6.45, 7) is 2.43. The van der Waals surface area contributed by atoms with Crippen LogP contribution in [0.2, 0.25) is 0 Å². The molecule has 0 spiro atoms. The van der Waals surface area contributed by atoms with Crippen LogP contribution < -0.4 is 5.32 Å². The van der Waals surface area contributed by atoms with Gasteiger partial charge in [0.1, 0.15) is 11.3 Å². The molecule has 3 rings (SSSR count). The summed E-state index contributed by atoms with van der Waals surface area (Å²) in [7, 11) is -3.52. The van der Waals surface area contributed by atoms with Crippen molar-refractivity contribution < 1.29 is 27.9 Å². The minimum atomic E-state index is -3.52. The smallest absolute Gasteiger partial charge is 0.342 e. The third-order valence-corrected chi connectivity index (χ3v) is 6.51. The van der Waals surface area contributed by atoms with E-state index in [-0.39, 0.29) is 16.2 Å². The van der Waals surface area contributed by atoms with Crippen molar-refractivity contribution >= 4 is 27.6 Å². The second-order valence-electron chi connectivity index (χ2n) is 6.69. The third kappa shape index (κ3) is 4.75. The molecule has 0 aliphatic carbocycles. The zero-order valence-electron chi connectivity index (χ0n) is 15.9. The number of carbonyl (C=O) groups is 2. The number of aromatic hydroxyl groups is 1. The highest BCUT2D eigenvalue weighted by atomic mass is 32.2. The fourth-order valence-electron chi connectivity index (χ4n) is 2.96. The van der Waals surface area contributed by atoms with Gasteiger partial charge in [-0.25, -0.2) is 13.2 Å². The number of ether oxygens (including phenoxy) is 1. The molecule has 8 nitrogen and oxygen atoms in total. The van der Waals surface area contributed by atoms with Crippen molar-refractivity contribution in [3.05, 3.63) is 54.1 Å². The maximum Gasteiger partial charge on any atom is 0.342 e. The Hall–Kier alpha value is -2.91. The number of para-hydroxylation sites is 1. The summed E-state index contributed by atoms with van der Waals surface area (Å²) in [5, 5.41) is 12.3. The average Bonchev–Trinajstić information content (AvgIpc) is 3.24. The minimum Gasteiger partial charge on any atom is -0.507 e. The maximum absolute atomic E-state index is 12.5. The van der Waals surface area contributed by atoms with Crippen molar-refractivity contribution in [2.75, 3.05) is 18.4 Å². The molecule has 29 heavy (non-hydrogen) atoms. The molecule has 1 fully saturated rings. The molecule has 2 aromatic carbocycles. The molecule has 1 aliphatic rings. The first kappa shape index (κ1) is 20.8. The predicted octanol–water partition coefficient (Wildman–Crippen LogP) is 2.36. The first-order valence-corrected chi connectivity index (χ1v) is 10.6. The highest BCUT2D eigenvalue weighted by molar-refractivity contribution is 7.89. The van der Waals surface area contributed by atoms with Crippen LogP contribution in [-0.4, -0.2) is 48.9 Å². The van der Waals surface area contributed by atoms with Gasteiger partial charge >= 0.3 is 5.97 Å². The van der Waals surface area contributed by atoms with Gasteiger partial charge in [0.25, 0.3) is 5.91 Å². The van der Waals surface area contributed by atoms with Gasteiger partial charge in [0.15, 0.2) is 6.10 Å². The fraction of sp³-hybridized carbons (Fsp3) is 0.300. The van der Waals surface area contributed by atoms with Crippen LogP contribution >= 0.6 is 0 Å². The summed E-state index contributed by atoms with van der Waals surface area (Å²) in [5.41, 5.74) is 0.337. The van der Waals surface area contributed by atoms with Gasteiger partial charge in [-0.1, -0.05) is 12.1 Å². The molecule has 9 heteroatoms. The number of anilines is 1. The number of benzene rings is 2. The van der Waals surface area contributed by atoms with Crippen molar-refractivity contribution in [1.29, 1.82) is 0 Å². The number of nitrogens with one attached hydrogen (secondary N) is 1. The van der Waals surface area contributed by atoms with E-state index in [1.807, 2.05) is 0 Å². The summed E-state index contributed by atoms with van der Waals surface area (Å²) >= 11 is 0. The van der Waals surface area contributed by atoms with E-state index in [0.717, 1.165) is 12.8 Å². The van der Waals surface area contributed by atoms with E-state index in [4.69, 9.17) is 4.74 Å². The Morgan fingerprint density at radius 1 is 1.07 bits per heavy atom. The Bertz CT molecular complexity index is 998. The van der Waals surface area contributed by atoms with Crippen molar-refractivity contribution in [1.82, 2.24) is 4.31 Å². The SMILES string of the molecule is C[C@H](OC(=O)c1ccccc1O)C(=O)Nc1ccc(S(=O)(=O)N2CCCC2)cc1. The van der Waals surface area contributed by atoms with E-state index < -0.39 is 28.0 Å². The first-order chi connectivity index (χ1) is 13.8. The van der Waals surface area contributed by atoms with Gasteiger partial charge in [0.2, 0.25) is 10.0 Å². The molecule has 0 radical (unpaired) electrons. The second kappa shape index (κ2) is 8.62. The van der Waals surface area contributed by atoms with Crippen LogP contribution in [0.4, 0.5) is 5.69 Å². The molecule has 2 aromatic rings. The van der Waals surface area contributed by atoms with Crippen molar-refractivity contribution in [2.24, 2.45) is 0 Å². The quantitative estimate of drug-likeness (QED) is 0.697. The number of carbonyl (C=O) groups excluding carboxylic acids is 2. The molecule has 154 valence electrons. The van der Waals surface area contributed by atoms with Gasteiger partial charge < -0.3 is 15.2 Å². The highest BCUT2D eigenvalue weighted by Crippen LogP contribution is 2.22. The normalized spacial score (nSPS) is 15.6.